The maximum atomic E-state index is 13.8. The predicted octanol–water partition coefficient (Wildman–Crippen LogP) is 4.46. The van der Waals surface area contributed by atoms with E-state index in [1.807, 2.05) is 66.7 Å². The fourth-order valence-electron chi connectivity index (χ4n) is 4.91. The van der Waals surface area contributed by atoms with Crippen LogP contribution in [0.5, 0.6) is 0 Å². The third-order valence-corrected chi connectivity index (χ3v) is 6.85. The number of amides is 3. The molecule has 0 radical (unpaired) electrons. The van der Waals surface area contributed by atoms with Crippen molar-refractivity contribution in [2.24, 2.45) is 0 Å². The molecule has 220 valence electrons. The molecule has 3 amide bonds. The molecular formula is C32H36N4O6. The van der Waals surface area contributed by atoms with Crippen molar-refractivity contribution in [1.29, 1.82) is 0 Å². The third-order valence-electron chi connectivity index (χ3n) is 6.85. The van der Waals surface area contributed by atoms with E-state index in [2.05, 4.69) is 5.32 Å². The number of aliphatic carboxylic acids is 1. The summed E-state index contributed by atoms with van der Waals surface area (Å²) < 4.78 is 5.17. The lowest BCUT2D eigenvalue weighted by Crippen LogP contribution is -2.52. The average molecular weight is 573 g/mol. The van der Waals surface area contributed by atoms with E-state index in [4.69, 9.17) is 9.72 Å². The zero-order valence-electron chi connectivity index (χ0n) is 24.1. The Kier molecular flexibility index (Phi) is 9.57. The molecule has 42 heavy (non-hydrogen) atoms. The van der Waals surface area contributed by atoms with Gasteiger partial charge in [0.1, 0.15) is 24.4 Å². The summed E-state index contributed by atoms with van der Waals surface area (Å²) in [5.41, 5.74) is 2.74. The molecule has 0 aliphatic carbocycles. The number of hydrogen-bond acceptors (Lipinski definition) is 6. The molecule has 0 saturated carbocycles. The summed E-state index contributed by atoms with van der Waals surface area (Å²) in [5, 5.41) is 12.1. The van der Waals surface area contributed by atoms with Crippen LogP contribution >= 0.6 is 0 Å². The van der Waals surface area contributed by atoms with Crippen LogP contribution in [0.25, 0.3) is 22.4 Å². The maximum absolute atomic E-state index is 13.8. The van der Waals surface area contributed by atoms with Crippen molar-refractivity contribution in [2.45, 2.75) is 45.3 Å². The summed E-state index contributed by atoms with van der Waals surface area (Å²) in [6.07, 6.45) is 0.111. The Labute approximate surface area is 245 Å². The van der Waals surface area contributed by atoms with E-state index in [1.54, 1.807) is 31.7 Å². The zero-order valence-corrected chi connectivity index (χ0v) is 24.1. The second-order valence-corrected chi connectivity index (χ2v) is 11.1. The number of nitrogens with zero attached hydrogens (tertiary/aromatic N) is 3. The van der Waals surface area contributed by atoms with Gasteiger partial charge in [0, 0.05) is 30.3 Å². The highest BCUT2D eigenvalue weighted by Crippen LogP contribution is 2.31. The second kappa shape index (κ2) is 13.3. The van der Waals surface area contributed by atoms with Crippen molar-refractivity contribution in [3.8, 4) is 22.4 Å². The second-order valence-electron chi connectivity index (χ2n) is 11.1. The molecule has 2 aromatic carbocycles. The van der Waals surface area contributed by atoms with Crippen molar-refractivity contribution in [3.05, 3.63) is 78.5 Å². The molecule has 10 heteroatoms. The number of alkyl carbamates (subject to hydrolysis) is 1. The lowest BCUT2D eigenvalue weighted by atomic mass is 9.98. The summed E-state index contributed by atoms with van der Waals surface area (Å²) in [5.74, 6) is -1.89. The van der Waals surface area contributed by atoms with Crippen molar-refractivity contribution in [1.82, 2.24) is 20.1 Å². The van der Waals surface area contributed by atoms with Crippen LogP contribution in [-0.4, -0.2) is 81.6 Å². The quantitative estimate of drug-likeness (QED) is 0.408. The van der Waals surface area contributed by atoms with E-state index in [9.17, 15) is 24.3 Å². The van der Waals surface area contributed by atoms with Gasteiger partial charge in [0.15, 0.2) is 0 Å². The highest BCUT2D eigenvalue weighted by Gasteiger charge is 2.32. The van der Waals surface area contributed by atoms with E-state index in [1.165, 1.54) is 4.90 Å². The van der Waals surface area contributed by atoms with Gasteiger partial charge in [-0.3, -0.25) is 14.4 Å². The Bertz CT molecular complexity index is 1410. The van der Waals surface area contributed by atoms with Crippen LogP contribution in [-0.2, 0) is 14.3 Å². The number of rotatable bonds is 8. The van der Waals surface area contributed by atoms with Crippen molar-refractivity contribution >= 4 is 23.9 Å². The number of carboxylic acids is 1. The van der Waals surface area contributed by atoms with Gasteiger partial charge in [-0.15, -0.1) is 0 Å². The molecule has 0 spiro atoms. The minimum atomic E-state index is -1.13. The number of carbonyl (C=O) groups is 4. The van der Waals surface area contributed by atoms with Crippen LogP contribution in [0.15, 0.2) is 72.8 Å². The van der Waals surface area contributed by atoms with E-state index in [0.29, 0.717) is 31.6 Å². The number of nitrogens with one attached hydrogen (secondary N) is 1. The molecule has 1 aliphatic rings. The van der Waals surface area contributed by atoms with Crippen molar-refractivity contribution in [2.75, 3.05) is 26.2 Å². The first-order valence-corrected chi connectivity index (χ1v) is 13.9. The Hall–Kier alpha value is -4.73. The fraction of sp³-hybridized carbons (Fsp3) is 0.344. The predicted molar refractivity (Wildman–Crippen MR) is 158 cm³/mol. The van der Waals surface area contributed by atoms with Gasteiger partial charge in [0.25, 0.3) is 5.91 Å². The molecule has 2 N–H and O–H groups in total. The Morgan fingerprint density at radius 3 is 2.10 bits per heavy atom. The fourth-order valence-corrected chi connectivity index (χ4v) is 4.91. The van der Waals surface area contributed by atoms with Crippen molar-refractivity contribution < 1.29 is 29.0 Å². The highest BCUT2D eigenvalue weighted by molar-refractivity contribution is 5.96. The molecule has 2 heterocycles. The number of hydrogen-bond donors (Lipinski definition) is 2. The number of pyridine rings is 1. The first-order chi connectivity index (χ1) is 20.0. The third kappa shape index (κ3) is 7.93. The molecule has 1 fully saturated rings. The molecule has 0 bridgehead atoms. The standard InChI is InChI=1S/C32H36N4O6/c1-32(2,3)42-31(41)33-20-27(37)35-18-16-24(17-19-35)36(21-28(38)39)30(40)26-15-14-25(22-10-6-4-7-11-22)29(34-26)23-12-8-5-9-13-23/h4-15,24H,16-21H2,1-3H3,(H,33,41)(H,38,39). The normalized spacial score (nSPS) is 13.7. The average Bonchev–Trinajstić information content (AvgIpc) is 2.98. The first-order valence-electron chi connectivity index (χ1n) is 13.9. The number of piperidine rings is 1. The number of benzene rings is 2. The summed E-state index contributed by atoms with van der Waals surface area (Å²) in [4.78, 5) is 57.8. The highest BCUT2D eigenvalue weighted by atomic mass is 16.6. The molecule has 3 aromatic rings. The molecule has 0 atom stereocenters. The number of ether oxygens (including phenoxy) is 1. The smallest absolute Gasteiger partial charge is 0.408 e. The van der Waals surface area contributed by atoms with Gasteiger partial charge in [0.2, 0.25) is 5.91 Å². The number of aromatic nitrogens is 1. The number of carbonyl (C=O) groups excluding carboxylic acids is 3. The van der Waals surface area contributed by atoms with Gasteiger partial charge >= 0.3 is 12.1 Å². The first kappa shape index (κ1) is 30.2. The van der Waals surface area contributed by atoms with E-state index >= 15 is 0 Å². The molecular weight excluding hydrogens is 536 g/mol. The molecule has 1 saturated heterocycles. The lowest BCUT2D eigenvalue weighted by Gasteiger charge is -2.38. The van der Waals surface area contributed by atoms with E-state index < -0.39 is 36.2 Å². The maximum Gasteiger partial charge on any atom is 0.408 e. The number of likely N-dealkylation sites (tertiary alicyclic amines) is 1. The van der Waals surface area contributed by atoms with E-state index in [0.717, 1.165) is 16.7 Å². The summed E-state index contributed by atoms with van der Waals surface area (Å²) in [6.45, 7) is 5.14. The van der Waals surface area contributed by atoms with Crippen LogP contribution in [0.3, 0.4) is 0 Å². The minimum absolute atomic E-state index is 0.148. The van der Waals surface area contributed by atoms with Gasteiger partial charge in [0.05, 0.1) is 5.69 Å². The molecule has 1 aromatic heterocycles. The SMILES string of the molecule is CC(C)(C)OC(=O)NCC(=O)N1CCC(N(CC(=O)O)C(=O)c2ccc(-c3ccccc3)c(-c3ccccc3)n2)CC1. The molecule has 1 aliphatic heterocycles. The van der Waals surface area contributed by atoms with Crippen LogP contribution < -0.4 is 5.32 Å². The van der Waals surface area contributed by atoms with Gasteiger partial charge in [-0.1, -0.05) is 60.7 Å². The monoisotopic (exact) mass is 572 g/mol. The van der Waals surface area contributed by atoms with Gasteiger partial charge in [-0.25, -0.2) is 9.78 Å². The molecule has 4 rings (SSSR count). The summed E-state index contributed by atoms with van der Waals surface area (Å²) >= 11 is 0. The van der Waals surface area contributed by atoms with Gasteiger partial charge in [-0.05, 0) is 51.3 Å². The topological polar surface area (TPSA) is 129 Å². The Morgan fingerprint density at radius 2 is 1.52 bits per heavy atom. The zero-order chi connectivity index (χ0) is 30.3. The van der Waals surface area contributed by atoms with Gasteiger partial charge < -0.3 is 25.0 Å². The molecule has 10 nitrogen and oxygen atoms in total. The van der Waals surface area contributed by atoms with Crippen molar-refractivity contribution in [3.63, 3.8) is 0 Å². The summed E-state index contributed by atoms with van der Waals surface area (Å²) in [6, 6.07) is 22.4. The Balaban J connectivity index is 1.50. The largest absolute Gasteiger partial charge is 0.480 e. The lowest BCUT2D eigenvalue weighted by molar-refractivity contribution is -0.139. The Morgan fingerprint density at radius 1 is 0.929 bits per heavy atom. The molecule has 0 unspecified atom stereocenters. The van der Waals surface area contributed by atoms with Crippen LogP contribution in [0, 0.1) is 0 Å². The van der Waals surface area contributed by atoms with Crippen LogP contribution in [0.4, 0.5) is 4.79 Å². The van der Waals surface area contributed by atoms with E-state index in [-0.39, 0.29) is 18.1 Å². The number of carboxylic acid groups (broad SMARTS) is 1. The minimum Gasteiger partial charge on any atom is -0.480 e. The summed E-state index contributed by atoms with van der Waals surface area (Å²) in [7, 11) is 0. The van der Waals surface area contributed by atoms with Crippen LogP contribution in [0.2, 0.25) is 0 Å². The van der Waals surface area contributed by atoms with Crippen LogP contribution in [0.1, 0.15) is 44.1 Å². The van der Waals surface area contributed by atoms with Gasteiger partial charge in [-0.2, -0.15) is 0 Å².